The van der Waals surface area contributed by atoms with Crippen molar-refractivity contribution < 1.29 is 23.5 Å². The lowest BCUT2D eigenvalue weighted by atomic mass is 9.81. The van der Waals surface area contributed by atoms with E-state index in [4.69, 9.17) is 10.5 Å². The van der Waals surface area contributed by atoms with Crippen LogP contribution in [0.4, 0.5) is 10.1 Å². The summed E-state index contributed by atoms with van der Waals surface area (Å²) in [6.45, 7) is 2.21. The van der Waals surface area contributed by atoms with E-state index in [1.165, 1.54) is 13.2 Å². The first-order chi connectivity index (χ1) is 24.8. The van der Waals surface area contributed by atoms with Gasteiger partial charge in [0.2, 0.25) is 17.6 Å². The van der Waals surface area contributed by atoms with Crippen molar-refractivity contribution in [2.75, 3.05) is 32.1 Å². The molecule has 51 heavy (non-hydrogen) atoms. The lowest BCUT2D eigenvalue weighted by Crippen LogP contribution is -2.48. The Morgan fingerprint density at radius 2 is 1.65 bits per heavy atom. The van der Waals surface area contributed by atoms with Gasteiger partial charge in [0.1, 0.15) is 6.04 Å². The molecule has 1 atom stereocenters. The van der Waals surface area contributed by atoms with Gasteiger partial charge in [-0.25, -0.2) is 4.39 Å². The van der Waals surface area contributed by atoms with Gasteiger partial charge in [-0.2, -0.15) is 5.21 Å². The van der Waals surface area contributed by atoms with Gasteiger partial charge < -0.3 is 31.7 Å². The monoisotopic (exact) mass is 697 g/mol. The third-order valence-corrected chi connectivity index (χ3v) is 9.86. The van der Waals surface area contributed by atoms with Crippen LogP contribution in [0.25, 0.3) is 22.5 Å². The molecule has 14 heteroatoms. The molecule has 0 spiro atoms. The topological polar surface area (TPSA) is 189 Å². The van der Waals surface area contributed by atoms with Gasteiger partial charge in [0.25, 0.3) is 5.91 Å². The molecule has 1 aliphatic carbocycles. The fourth-order valence-corrected chi connectivity index (χ4v) is 6.82. The first-order valence-electron chi connectivity index (χ1n) is 17.5. The summed E-state index contributed by atoms with van der Waals surface area (Å²) >= 11 is 0. The molecule has 0 radical (unpaired) electrons. The van der Waals surface area contributed by atoms with Gasteiger partial charge >= 0.3 is 0 Å². The van der Waals surface area contributed by atoms with Crippen molar-refractivity contribution in [2.45, 2.75) is 57.0 Å². The standard InChI is InChI=1S/C37H44FN9O4/c1-51-33-29(14-15-30(32(33)38)36(49)41-28-16-18-40-19-17-28)24-6-2-22(3-7-24)20-31(43-35(48)26-8-4-23(21-39)5-9-26)37(50)42-27-12-10-25(11-13-27)34-44-46-47-45-34/h2-3,6-7,10-15,23,26,28,31,40H,4-5,8-9,16-21,39H2,1H3,(H,41,49)(H,42,50)(H,43,48)(H,44,45,46,47)/t23?,26?,31-/m0/s1. The summed E-state index contributed by atoms with van der Waals surface area (Å²) in [7, 11) is 1.37. The van der Waals surface area contributed by atoms with Gasteiger partial charge in [0.05, 0.1) is 12.7 Å². The number of methoxy groups -OCH3 is 1. The lowest BCUT2D eigenvalue weighted by molar-refractivity contribution is -0.130. The number of nitrogens with two attached hydrogens (primary N) is 1. The first kappa shape index (κ1) is 35.6. The smallest absolute Gasteiger partial charge is 0.254 e. The number of aromatic nitrogens is 4. The molecule has 0 bridgehead atoms. The van der Waals surface area contributed by atoms with E-state index in [1.54, 1.807) is 30.3 Å². The molecule has 0 unspecified atom stereocenters. The van der Waals surface area contributed by atoms with E-state index in [1.807, 2.05) is 24.3 Å². The van der Waals surface area contributed by atoms with Crippen molar-refractivity contribution in [3.63, 3.8) is 0 Å². The van der Waals surface area contributed by atoms with Crippen molar-refractivity contribution in [1.29, 1.82) is 0 Å². The molecule has 13 nitrogen and oxygen atoms in total. The van der Waals surface area contributed by atoms with E-state index < -0.39 is 17.8 Å². The SMILES string of the molecule is COc1c(-c2ccc(C[C@H](NC(=O)C3CCC(CN)CC3)C(=O)Nc3ccc(-c4nn[nH]n4)cc3)cc2)ccc(C(=O)NC2CCNCC2)c1F. The van der Waals surface area contributed by atoms with Crippen LogP contribution in [0.3, 0.4) is 0 Å². The van der Waals surface area contributed by atoms with Crippen molar-refractivity contribution >= 4 is 23.4 Å². The number of aromatic amines is 1. The number of rotatable bonds is 12. The van der Waals surface area contributed by atoms with Crippen LogP contribution in [0.1, 0.15) is 54.4 Å². The zero-order valence-corrected chi connectivity index (χ0v) is 28.6. The molecule has 4 aromatic rings. The minimum atomic E-state index is -0.864. The highest BCUT2D eigenvalue weighted by molar-refractivity contribution is 5.98. The quantitative estimate of drug-likeness (QED) is 0.129. The summed E-state index contributed by atoms with van der Waals surface area (Å²) < 4.78 is 21.1. The Morgan fingerprint density at radius 1 is 0.941 bits per heavy atom. The third kappa shape index (κ3) is 8.75. The largest absolute Gasteiger partial charge is 0.493 e. The number of nitrogens with zero attached hydrogens (tertiary/aromatic N) is 3. The highest BCUT2D eigenvalue weighted by Gasteiger charge is 2.30. The van der Waals surface area contributed by atoms with E-state index in [0.29, 0.717) is 35.1 Å². The number of ether oxygens (including phenoxy) is 1. The van der Waals surface area contributed by atoms with Gasteiger partial charge in [-0.15, -0.1) is 10.2 Å². The number of H-pyrrole nitrogens is 1. The van der Waals surface area contributed by atoms with Crippen LogP contribution in [0.5, 0.6) is 5.75 Å². The number of hydrogen-bond donors (Lipinski definition) is 6. The van der Waals surface area contributed by atoms with Gasteiger partial charge in [0, 0.05) is 35.2 Å². The molecule has 3 aromatic carbocycles. The maximum atomic E-state index is 15.7. The number of benzene rings is 3. The van der Waals surface area contributed by atoms with Gasteiger partial charge in [-0.1, -0.05) is 24.3 Å². The summed E-state index contributed by atoms with van der Waals surface area (Å²) in [4.78, 5) is 40.1. The van der Waals surface area contributed by atoms with Gasteiger partial charge in [-0.05, 0) is 117 Å². The molecule has 1 aromatic heterocycles. The minimum absolute atomic E-state index is 0.0125. The highest BCUT2D eigenvalue weighted by Crippen LogP contribution is 2.35. The minimum Gasteiger partial charge on any atom is -0.493 e. The number of piperidine rings is 1. The van der Waals surface area contributed by atoms with E-state index in [9.17, 15) is 14.4 Å². The Balaban J connectivity index is 1.17. The van der Waals surface area contributed by atoms with Crippen LogP contribution < -0.4 is 31.7 Å². The van der Waals surface area contributed by atoms with E-state index in [0.717, 1.165) is 62.7 Å². The van der Waals surface area contributed by atoms with Crippen LogP contribution in [0.2, 0.25) is 0 Å². The summed E-state index contributed by atoms with van der Waals surface area (Å²) in [6, 6.07) is 16.6. The summed E-state index contributed by atoms with van der Waals surface area (Å²) in [6.07, 6.45) is 5.01. The van der Waals surface area contributed by atoms with Gasteiger partial charge in [-0.3, -0.25) is 14.4 Å². The maximum absolute atomic E-state index is 15.7. The van der Waals surface area contributed by atoms with Crippen LogP contribution >= 0.6 is 0 Å². The van der Waals surface area contributed by atoms with Crippen molar-refractivity contribution in [3.05, 3.63) is 77.6 Å². The third-order valence-electron chi connectivity index (χ3n) is 9.86. The summed E-state index contributed by atoms with van der Waals surface area (Å²) in [5.74, 6) is -1.08. The average molecular weight is 698 g/mol. The molecular formula is C37H44FN9O4. The zero-order valence-electron chi connectivity index (χ0n) is 28.6. The molecule has 7 N–H and O–H groups in total. The number of amides is 3. The second kappa shape index (κ2) is 16.7. The molecule has 2 fully saturated rings. The van der Waals surface area contributed by atoms with E-state index >= 15 is 4.39 Å². The van der Waals surface area contributed by atoms with Crippen molar-refractivity contribution in [1.82, 2.24) is 36.6 Å². The predicted molar refractivity (Wildman–Crippen MR) is 190 cm³/mol. The maximum Gasteiger partial charge on any atom is 0.254 e. The number of carbonyl (C=O) groups is 3. The highest BCUT2D eigenvalue weighted by atomic mass is 19.1. The normalized spacial score (nSPS) is 18.4. The fourth-order valence-electron chi connectivity index (χ4n) is 6.82. The van der Waals surface area contributed by atoms with Crippen molar-refractivity contribution in [3.8, 4) is 28.3 Å². The van der Waals surface area contributed by atoms with Crippen LogP contribution in [-0.2, 0) is 16.0 Å². The average Bonchev–Trinajstić information content (AvgIpc) is 3.71. The molecule has 2 heterocycles. The van der Waals surface area contributed by atoms with Crippen molar-refractivity contribution in [2.24, 2.45) is 17.6 Å². The number of tetrazole rings is 1. The van der Waals surface area contributed by atoms with Crippen LogP contribution in [0, 0.1) is 17.7 Å². The Labute approximate surface area is 295 Å². The number of nitrogens with one attached hydrogen (secondary N) is 5. The first-order valence-corrected chi connectivity index (χ1v) is 17.5. The second-order valence-corrected chi connectivity index (χ2v) is 13.2. The Hall–Kier alpha value is -5.21. The van der Waals surface area contributed by atoms with Crippen LogP contribution in [-0.4, -0.2) is 77.2 Å². The number of anilines is 1. The lowest BCUT2D eigenvalue weighted by Gasteiger charge is -2.28. The zero-order chi connectivity index (χ0) is 35.7. The van der Waals surface area contributed by atoms with Crippen LogP contribution in [0.15, 0.2) is 60.7 Å². The van der Waals surface area contributed by atoms with E-state index in [-0.39, 0.29) is 41.5 Å². The summed E-state index contributed by atoms with van der Waals surface area (Å²) in [5, 5.41) is 26.1. The predicted octanol–water partition coefficient (Wildman–Crippen LogP) is 3.59. The Bertz CT molecular complexity index is 1790. The molecule has 3 amide bonds. The Morgan fingerprint density at radius 3 is 2.29 bits per heavy atom. The number of halogens is 1. The number of carbonyl (C=O) groups excluding carboxylic acids is 3. The molecule has 1 saturated carbocycles. The molecule has 1 saturated heterocycles. The number of hydrogen-bond acceptors (Lipinski definition) is 9. The molecule has 268 valence electrons. The Kier molecular flexibility index (Phi) is 11.6. The fraction of sp³-hybridized carbons (Fsp3) is 0.405. The second-order valence-electron chi connectivity index (χ2n) is 13.2. The molecule has 6 rings (SSSR count). The van der Waals surface area contributed by atoms with Gasteiger partial charge in [0.15, 0.2) is 11.6 Å². The summed E-state index contributed by atoms with van der Waals surface area (Å²) in [5.41, 5.74) is 9.00. The van der Waals surface area contributed by atoms with E-state index in [2.05, 4.69) is 41.9 Å². The molecular weight excluding hydrogens is 653 g/mol. The molecule has 2 aliphatic rings. The molecule has 1 aliphatic heterocycles.